The van der Waals surface area contributed by atoms with E-state index in [1.54, 1.807) is 0 Å². The minimum atomic E-state index is -5.58. The summed E-state index contributed by atoms with van der Waals surface area (Å²) in [6, 6.07) is 3.87. The van der Waals surface area contributed by atoms with Gasteiger partial charge in [-0.05, 0) is 24.3 Å². The van der Waals surface area contributed by atoms with E-state index in [0.717, 1.165) is 24.3 Å². The van der Waals surface area contributed by atoms with E-state index >= 15 is 0 Å². The van der Waals surface area contributed by atoms with Crippen LogP contribution in [0, 0.1) is 0 Å². The number of hydrogen-bond donors (Lipinski definition) is 1. The first-order chi connectivity index (χ1) is 9.38. The zero-order valence-electron chi connectivity index (χ0n) is 10.5. The number of aromatic carboxylic acids is 1. The maximum atomic E-state index is 13.1. The van der Waals surface area contributed by atoms with Crippen molar-refractivity contribution < 1.29 is 41.0 Å². The van der Waals surface area contributed by atoms with Crippen molar-refractivity contribution in [3.8, 4) is 5.75 Å². The van der Waals surface area contributed by atoms with Gasteiger partial charge in [-0.3, -0.25) is 0 Å². The molecule has 1 aromatic rings. The summed E-state index contributed by atoms with van der Waals surface area (Å²) in [6.07, 6.45) is 0. The lowest BCUT2D eigenvalue weighted by molar-refractivity contribution is -0.308. The maximum absolute atomic E-state index is 13.1. The zero-order chi connectivity index (χ0) is 16.5. The Balaban J connectivity index is 2.80. The largest absolute Gasteiger partial charge is 0.487 e. The summed E-state index contributed by atoms with van der Waals surface area (Å²) in [5.74, 6) is -17.2. The molecule has 0 bridgehead atoms. The normalized spacial score (nSPS) is 13.1. The van der Waals surface area contributed by atoms with Crippen molar-refractivity contribution in [3.63, 3.8) is 0 Å². The predicted molar refractivity (Wildman–Crippen MR) is 59.4 cm³/mol. The van der Waals surface area contributed by atoms with Crippen LogP contribution in [0.2, 0.25) is 0 Å². The molecule has 0 aliphatic carbocycles. The first-order valence-corrected chi connectivity index (χ1v) is 5.48. The molecule has 0 atom stereocenters. The highest BCUT2D eigenvalue weighted by atomic mass is 19.3. The van der Waals surface area contributed by atoms with E-state index in [4.69, 9.17) is 5.11 Å². The van der Waals surface area contributed by atoms with Crippen molar-refractivity contribution in [1.29, 1.82) is 0 Å². The van der Waals surface area contributed by atoms with E-state index in [9.17, 15) is 31.1 Å². The molecule has 0 saturated carbocycles. The topological polar surface area (TPSA) is 46.5 Å². The number of halogens is 6. The predicted octanol–water partition coefficient (Wildman–Crippen LogP) is 3.69. The molecule has 3 nitrogen and oxygen atoms in total. The molecule has 0 saturated heterocycles. The van der Waals surface area contributed by atoms with Crippen LogP contribution in [-0.2, 0) is 0 Å². The van der Waals surface area contributed by atoms with Gasteiger partial charge < -0.3 is 9.84 Å². The molecular weight excluding hydrogens is 306 g/mol. The van der Waals surface area contributed by atoms with E-state index in [2.05, 4.69) is 4.74 Å². The zero-order valence-corrected chi connectivity index (χ0v) is 10.5. The molecule has 0 aliphatic heterocycles. The van der Waals surface area contributed by atoms with Crippen LogP contribution in [0.5, 0.6) is 5.75 Å². The third-order valence-corrected chi connectivity index (χ3v) is 2.53. The molecule has 0 aromatic heterocycles. The molecule has 0 aliphatic rings. The molecule has 0 radical (unpaired) electrons. The minimum absolute atomic E-state index is 0.181. The summed E-state index contributed by atoms with van der Waals surface area (Å²) in [5.41, 5.74) is -0.181. The molecule has 21 heavy (non-hydrogen) atoms. The number of ether oxygens (including phenoxy) is 1. The van der Waals surface area contributed by atoms with E-state index in [1.807, 2.05) is 0 Å². The Morgan fingerprint density at radius 3 is 1.95 bits per heavy atom. The van der Waals surface area contributed by atoms with Gasteiger partial charge in [-0.25, -0.2) is 4.79 Å². The Morgan fingerprint density at radius 2 is 1.57 bits per heavy atom. The van der Waals surface area contributed by atoms with Crippen LogP contribution >= 0.6 is 0 Å². The van der Waals surface area contributed by atoms with Crippen molar-refractivity contribution in [1.82, 2.24) is 0 Å². The first-order valence-electron chi connectivity index (χ1n) is 5.48. The molecular formula is C12H10F6O3. The molecule has 0 fully saturated rings. The third kappa shape index (κ3) is 3.59. The lowest BCUT2D eigenvalue weighted by Crippen LogP contribution is -2.55. The second-order valence-electron chi connectivity index (χ2n) is 4.29. The van der Waals surface area contributed by atoms with Gasteiger partial charge in [0, 0.05) is 6.92 Å². The highest BCUT2D eigenvalue weighted by Gasteiger charge is 2.69. The summed E-state index contributed by atoms with van der Waals surface area (Å²) < 4.78 is 81.5. The summed E-state index contributed by atoms with van der Waals surface area (Å²) in [5, 5.41) is 8.59. The van der Waals surface area contributed by atoms with Crippen LogP contribution in [-0.4, -0.2) is 35.5 Å². The van der Waals surface area contributed by atoms with Gasteiger partial charge in [0.25, 0.3) is 0 Å². The molecule has 1 N–H and O–H groups in total. The maximum Gasteiger partial charge on any atom is 0.375 e. The number of rotatable bonds is 6. The molecule has 0 unspecified atom stereocenters. The van der Waals surface area contributed by atoms with Gasteiger partial charge in [0.15, 0.2) is 6.61 Å². The average molecular weight is 316 g/mol. The van der Waals surface area contributed by atoms with Gasteiger partial charge in [0.05, 0.1) is 5.56 Å². The van der Waals surface area contributed by atoms with Crippen LogP contribution < -0.4 is 4.74 Å². The lowest BCUT2D eigenvalue weighted by Gasteiger charge is -2.30. The molecule has 118 valence electrons. The lowest BCUT2D eigenvalue weighted by atomic mass is 10.1. The number of alkyl halides is 6. The molecule has 0 amide bonds. The Labute approximate surface area is 115 Å². The number of carboxylic acids is 1. The van der Waals surface area contributed by atoms with Gasteiger partial charge in [0.2, 0.25) is 0 Å². The molecule has 9 heteroatoms. The van der Waals surface area contributed by atoms with E-state index in [0.29, 0.717) is 0 Å². The smallest absolute Gasteiger partial charge is 0.375 e. The monoisotopic (exact) mass is 316 g/mol. The molecule has 0 spiro atoms. The molecule has 1 aromatic carbocycles. The van der Waals surface area contributed by atoms with E-state index in [1.165, 1.54) is 0 Å². The SMILES string of the molecule is CC(F)(F)C(F)(F)C(F)(F)COc1ccc(C(=O)O)cc1. The van der Waals surface area contributed by atoms with Crippen molar-refractivity contribution in [2.45, 2.75) is 24.7 Å². The van der Waals surface area contributed by atoms with Crippen LogP contribution in [0.25, 0.3) is 0 Å². The van der Waals surface area contributed by atoms with Crippen LogP contribution in [0.4, 0.5) is 26.3 Å². The number of benzene rings is 1. The highest BCUT2D eigenvalue weighted by molar-refractivity contribution is 5.87. The summed E-state index contributed by atoms with van der Waals surface area (Å²) >= 11 is 0. The summed E-state index contributed by atoms with van der Waals surface area (Å²) in [4.78, 5) is 10.5. The van der Waals surface area contributed by atoms with Crippen LogP contribution in [0.3, 0.4) is 0 Å². The standard InChI is InChI=1S/C12H10F6O3/c1-10(13,14)12(17,18)11(15,16)6-21-8-4-2-7(3-5-8)9(19)20/h2-5H,6H2,1H3,(H,19,20). The van der Waals surface area contributed by atoms with Crippen LogP contribution in [0.1, 0.15) is 17.3 Å². The van der Waals surface area contributed by atoms with Gasteiger partial charge in [-0.2, -0.15) is 26.3 Å². The number of carbonyl (C=O) groups is 1. The van der Waals surface area contributed by atoms with Crippen LogP contribution in [0.15, 0.2) is 24.3 Å². The third-order valence-electron chi connectivity index (χ3n) is 2.53. The molecule has 1 rings (SSSR count). The second-order valence-corrected chi connectivity index (χ2v) is 4.29. The van der Waals surface area contributed by atoms with Gasteiger partial charge in [0.1, 0.15) is 5.75 Å². The highest BCUT2D eigenvalue weighted by Crippen LogP contribution is 2.45. The fourth-order valence-electron chi connectivity index (χ4n) is 1.28. The summed E-state index contributed by atoms with van der Waals surface area (Å²) in [6.45, 7) is -2.29. The Kier molecular flexibility index (Phi) is 4.45. The minimum Gasteiger partial charge on any atom is -0.487 e. The van der Waals surface area contributed by atoms with Gasteiger partial charge in [-0.1, -0.05) is 0 Å². The summed E-state index contributed by atoms with van der Waals surface area (Å²) in [7, 11) is 0. The number of carboxylic acid groups (broad SMARTS) is 1. The van der Waals surface area contributed by atoms with Gasteiger partial charge in [-0.15, -0.1) is 0 Å². The Morgan fingerprint density at radius 1 is 1.10 bits per heavy atom. The van der Waals surface area contributed by atoms with Crippen molar-refractivity contribution in [2.75, 3.05) is 6.61 Å². The quantitative estimate of drug-likeness (QED) is 0.814. The Hall–Kier alpha value is -1.93. The number of hydrogen-bond acceptors (Lipinski definition) is 2. The average Bonchev–Trinajstić information content (AvgIpc) is 2.35. The van der Waals surface area contributed by atoms with Crippen molar-refractivity contribution >= 4 is 5.97 Å². The van der Waals surface area contributed by atoms with E-state index in [-0.39, 0.29) is 18.2 Å². The fourth-order valence-corrected chi connectivity index (χ4v) is 1.28. The van der Waals surface area contributed by atoms with Crippen molar-refractivity contribution in [3.05, 3.63) is 29.8 Å². The van der Waals surface area contributed by atoms with Crippen molar-refractivity contribution in [2.24, 2.45) is 0 Å². The molecule has 0 heterocycles. The fraction of sp³-hybridized carbons (Fsp3) is 0.417. The van der Waals surface area contributed by atoms with Gasteiger partial charge >= 0.3 is 23.7 Å². The Bertz CT molecular complexity index is 507. The first kappa shape index (κ1) is 17.1. The van der Waals surface area contributed by atoms with E-state index < -0.39 is 30.3 Å². The second kappa shape index (κ2) is 5.45.